The Hall–Kier alpha value is -2.43. The number of ether oxygens (including phenoxy) is 1. The standard InChI is InChI=1S/C23H22ClNO2S/c24-22-9-5-4-8-20(22)16-27-21-12-10-19(11-13-21)23(26)25-14-15-28-17-18-6-2-1-3-7-18/h1-13H,14-17H2,(H,25,26). The minimum Gasteiger partial charge on any atom is -0.489 e. The molecule has 3 nitrogen and oxygen atoms in total. The van der Waals surface area contributed by atoms with Crippen molar-refractivity contribution in [3.63, 3.8) is 0 Å². The summed E-state index contributed by atoms with van der Waals surface area (Å²) in [4.78, 5) is 12.2. The predicted molar refractivity (Wildman–Crippen MR) is 117 cm³/mol. The molecule has 3 aromatic rings. The molecular weight excluding hydrogens is 390 g/mol. The number of rotatable bonds is 9. The van der Waals surface area contributed by atoms with Gasteiger partial charge in [0.15, 0.2) is 0 Å². The van der Waals surface area contributed by atoms with Crippen LogP contribution in [0, 0.1) is 0 Å². The molecule has 28 heavy (non-hydrogen) atoms. The highest BCUT2D eigenvalue weighted by atomic mass is 35.5. The second kappa shape index (κ2) is 10.8. The summed E-state index contributed by atoms with van der Waals surface area (Å²) in [6.07, 6.45) is 0. The maximum Gasteiger partial charge on any atom is 0.251 e. The van der Waals surface area contributed by atoms with Gasteiger partial charge in [-0.15, -0.1) is 0 Å². The molecule has 0 radical (unpaired) electrons. The van der Waals surface area contributed by atoms with Gasteiger partial charge in [-0.25, -0.2) is 0 Å². The molecule has 0 spiro atoms. The fraction of sp³-hybridized carbons (Fsp3) is 0.174. The summed E-state index contributed by atoms with van der Waals surface area (Å²) in [6.45, 7) is 1.03. The number of thioether (sulfide) groups is 1. The number of halogens is 1. The fourth-order valence-corrected chi connectivity index (χ4v) is 3.59. The lowest BCUT2D eigenvalue weighted by atomic mass is 10.2. The lowest BCUT2D eigenvalue weighted by Gasteiger charge is -2.09. The van der Waals surface area contributed by atoms with E-state index in [2.05, 4.69) is 17.4 Å². The highest BCUT2D eigenvalue weighted by molar-refractivity contribution is 7.98. The zero-order valence-corrected chi connectivity index (χ0v) is 17.0. The Morgan fingerprint density at radius 1 is 0.929 bits per heavy atom. The molecule has 1 N–H and O–H groups in total. The summed E-state index contributed by atoms with van der Waals surface area (Å²) < 4.78 is 5.74. The molecule has 0 atom stereocenters. The average Bonchev–Trinajstić information content (AvgIpc) is 2.74. The van der Waals surface area contributed by atoms with E-state index in [4.69, 9.17) is 16.3 Å². The second-order valence-corrected chi connectivity index (χ2v) is 7.71. The topological polar surface area (TPSA) is 38.3 Å². The molecule has 3 rings (SSSR count). The smallest absolute Gasteiger partial charge is 0.251 e. The third-order valence-electron chi connectivity index (χ3n) is 4.11. The Morgan fingerprint density at radius 3 is 2.39 bits per heavy atom. The zero-order valence-electron chi connectivity index (χ0n) is 15.4. The van der Waals surface area contributed by atoms with Crippen LogP contribution in [0.3, 0.4) is 0 Å². The van der Waals surface area contributed by atoms with Crippen LogP contribution in [0.1, 0.15) is 21.5 Å². The Kier molecular flexibility index (Phi) is 7.82. The van der Waals surface area contributed by atoms with Crippen LogP contribution < -0.4 is 10.1 Å². The van der Waals surface area contributed by atoms with E-state index < -0.39 is 0 Å². The number of amides is 1. The first kappa shape index (κ1) is 20.3. The van der Waals surface area contributed by atoms with E-state index in [1.807, 2.05) is 42.5 Å². The largest absolute Gasteiger partial charge is 0.489 e. The lowest BCUT2D eigenvalue weighted by Crippen LogP contribution is -2.25. The quantitative estimate of drug-likeness (QED) is 0.467. The van der Waals surface area contributed by atoms with Crippen molar-refractivity contribution in [2.45, 2.75) is 12.4 Å². The number of carbonyl (C=O) groups is 1. The third-order valence-corrected chi connectivity index (χ3v) is 5.51. The van der Waals surface area contributed by atoms with Crippen molar-refractivity contribution in [3.8, 4) is 5.75 Å². The number of hydrogen-bond acceptors (Lipinski definition) is 3. The van der Waals surface area contributed by atoms with E-state index >= 15 is 0 Å². The molecule has 0 unspecified atom stereocenters. The molecule has 0 saturated heterocycles. The lowest BCUT2D eigenvalue weighted by molar-refractivity contribution is 0.0956. The van der Waals surface area contributed by atoms with Gasteiger partial charge in [0.1, 0.15) is 12.4 Å². The maximum atomic E-state index is 12.2. The molecule has 0 aliphatic heterocycles. The van der Waals surface area contributed by atoms with Crippen LogP contribution >= 0.6 is 23.4 Å². The molecule has 0 aliphatic carbocycles. The second-order valence-electron chi connectivity index (χ2n) is 6.20. The highest BCUT2D eigenvalue weighted by Crippen LogP contribution is 2.19. The van der Waals surface area contributed by atoms with Crippen molar-refractivity contribution in [2.75, 3.05) is 12.3 Å². The van der Waals surface area contributed by atoms with Crippen LogP contribution in [0.25, 0.3) is 0 Å². The summed E-state index contributed by atoms with van der Waals surface area (Å²) >= 11 is 7.93. The van der Waals surface area contributed by atoms with Crippen molar-refractivity contribution in [1.29, 1.82) is 0 Å². The average molecular weight is 412 g/mol. The molecule has 1 amide bonds. The maximum absolute atomic E-state index is 12.2. The SMILES string of the molecule is O=C(NCCSCc1ccccc1)c1ccc(OCc2ccccc2Cl)cc1. The third kappa shape index (κ3) is 6.32. The summed E-state index contributed by atoms with van der Waals surface area (Å²) in [7, 11) is 0. The monoisotopic (exact) mass is 411 g/mol. The van der Waals surface area contributed by atoms with Gasteiger partial charge in [-0.05, 0) is 35.9 Å². The summed E-state index contributed by atoms with van der Waals surface area (Å²) in [6, 6.07) is 25.1. The number of carbonyl (C=O) groups excluding carboxylic acids is 1. The molecule has 0 saturated carbocycles. The van der Waals surface area contributed by atoms with Crippen molar-refractivity contribution < 1.29 is 9.53 Å². The summed E-state index contributed by atoms with van der Waals surface area (Å²) in [5.41, 5.74) is 2.85. The van der Waals surface area contributed by atoms with Crippen LogP contribution in [-0.4, -0.2) is 18.2 Å². The Labute approximate surface area is 175 Å². The molecule has 3 aromatic carbocycles. The van der Waals surface area contributed by atoms with Crippen molar-refractivity contribution in [2.24, 2.45) is 0 Å². The molecule has 0 heterocycles. The molecule has 5 heteroatoms. The molecule has 0 bridgehead atoms. The van der Waals surface area contributed by atoms with Crippen LogP contribution in [0.15, 0.2) is 78.9 Å². The first-order valence-corrected chi connectivity index (χ1v) is 10.6. The predicted octanol–water partition coefficient (Wildman–Crippen LogP) is 5.58. The van der Waals surface area contributed by atoms with E-state index in [1.54, 1.807) is 36.0 Å². The fourth-order valence-electron chi connectivity index (χ4n) is 2.58. The molecule has 144 valence electrons. The first-order chi connectivity index (χ1) is 13.7. The van der Waals surface area contributed by atoms with Crippen LogP contribution in [0.5, 0.6) is 5.75 Å². The number of nitrogens with one attached hydrogen (secondary N) is 1. The van der Waals surface area contributed by atoms with Crippen molar-refractivity contribution >= 4 is 29.3 Å². The van der Waals surface area contributed by atoms with Gasteiger partial charge in [0, 0.05) is 34.2 Å². The minimum atomic E-state index is -0.0713. The molecule has 0 aliphatic rings. The van der Waals surface area contributed by atoms with Gasteiger partial charge in [-0.1, -0.05) is 60.1 Å². The van der Waals surface area contributed by atoms with Gasteiger partial charge < -0.3 is 10.1 Å². The van der Waals surface area contributed by atoms with Gasteiger partial charge in [0.2, 0.25) is 0 Å². The van der Waals surface area contributed by atoms with E-state index in [0.717, 1.165) is 17.1 Å². The number of hydrogen-bond donors (Lipinski definition) is 1. The van der Waals surface area contributed by atoms with E-state index in [0.29, 0.717) is 29.5 Å². The van der Waals surface area contributed by atoms with E-state index in [-0.39, 0.29) is 5.91 Å². The molecule has 0 aromatic heterocycles. The zero-order chi connectivity index (χ0) is 19.6. The van der Waals surface area contributed by atoms with Crippen LogP contribution in [0.2, 0.25) is 5.02 Å². The first-order valence-electron chi connectivity index (χ1n) is 9.08. The van der Waals surface area contributed by atoms with Gasteiger partial charge in [-0.3, -0.25) is 4.79 Å². The Balaban J connectivity index is 1.39. The van der Waals surface area contributed by atoms with Gasteiger partial charge in [-0.2, -0.15) is 11.8 Å². The molecular formula is C23H22ClNO2S. The highest BCUT2D eigenvalue weighted by Gasteiger charge is 2.06. The summed E-state index contributed by atoms with van der Waals surface area (Å²) in [5, 5.41) is 3.64. The number of benzene rings is 3. The van der Waals surface area contributed by atoms with Gasteiger partial charge >= 0.3 is 0 Å². The van der Waals surface area contributed by atoms with E-state index in [1.165, 1.54) is 5.56 Å². The van der Waals surface area contributed by atoms with Crippen molar-refractivity contribution in [3.05, 3.63) is 101 Å². The Bertz CT molecular complexity index is 885. The molecule has 0 fully saturated rings. The minimum absolute atomic E-state index is 0.0713. The van der Waals surface area contributed by atoms with Crippen molar-refractivity contribution in [1.82, 2.24) is 5.32 Å². The van der Waals surface area contributed by atoms with Gasteiger partial charge in [0.25, 0.3) is 5.91 Å². The summed E-state index contributed by atoms with van der Waals surface area (Å²) in [5.74, 6) is 2.46. The van der Waals surface area contributed by atoms with E-state index in [9.17, 15) is 4.79 Å². The van der Waals surface area contributed by atoms with Crippen LogP contribution in [0.4, 0.5) is 0 Å². The Morgan fingerprint density at radius 2 is 1.64 bits per heavy atom. The van der Waals surface area contributed by atoms with Crippen LogP contribution in [-0.2, 0) is 12.4 Å². The normalized spacial score (nSPS) is 10.5. The van der Waals surface area contributed by atoms with Gasteiger partial charge in [0.05, 0.1) is 0 Å².